The molecular weight excluding hydrogens is 621 g/mol. The minimum atomic E-state index is -0.0802. The van der Waals surface area contributed by atoms with Gasteiger partial charge in [0.05, 0.1) is 47.2 Å². The highest BCUT2D eigenvalue weighted by atomic mass is 16.4. The summed E-state index contributed by atoms with van der Waals surface area (Å²) in [6.07, 6.45) is 11.1. The van der Waals surface area contributed by atoms with Gasteiger partial charge in [0, 0.05) is 30.7 Å². The number of hydrogen-bond acceptors (Lipinski definition) is 8. The van der Waals surface area contributed by atoms with Gasteiger partial charge in [0.15, 0.2) is 11.5 Å². The van der Waals surface area contributed by atoms with Crippen LogP contribution in [-0.2, 0) is 31.3 Å². The number of aromatic nitrogens is 2. The first-order chi connectivity index (χ1) is 24.7. The van der Waals surface area contributed by atoms with E-state index in [4.69, 9.17) is 18.8 Å². The SMILES string of the molecule is C1=NCc2oc(N(c3ccccc3)c3ccc(C4(c5ccc(N(c6ccccc6)c6nc7c(o6)CN=CC7)cc5)CCCCC4)cc3)nc2C1. The van der Waals surface area contributed by atoms with Gasteiger partial charge in [-0.15, -0.1) is 0 Å². The fourth-order valence-corrected chi connectivity index (χ4v) is 7.75. The van der Waals surface area contributed by atoms with Crippen molar-refractivity contribution in [3.05, 3.63) is 143 Å². The molecule has 0 radical (unpaired) electrons. The van der Waals surface area contributed by atoms with Crippen molar-refractivity contribution in [2.24, 2.45) is 9.98 Å². The molecule has 50 heavy (non-hydrogen) atoms. The van der Waals surface area contributed by atoms with E-state index in [-0.39, 0.29) is 5.41 Å². The van der Waals surface area contributed by atoms with E-state index < -0.39 is 0 Å². The highest BCUT2D eigenvalue weighted by Gasteiger charge is 2.36. The molecule has 248 valence electrons. The molecule has 8 nitrogen and oxygen atoms in total. The summed E-state index contributed by atoms with van der Waals surface area (Å²) < 4.78 is 12.6. The van der Waals surface area contributed by atoms with Crippen LogP contribution in [0.2, 0.25) is 0 Å². The van der Waals surface area contributed by atoms with Crippen LogP contribution in [0.4, 0.5) is 34.8 Å². The summed E-state index contributed by atoms with van der Waals surface area (Å²) in [5, 5.41) is 0. The van der Waals surface area contributed by atoms with E-state index in [1.54, 1.807) is 0 Å². The lowest BCUT2D eigenvalue weighted by Gasteiger charge is -2.39. The summed E-state index contributed by atoms with van der Waals surface area (Å²) in [6, 6.07) is 39.9. The van der Waals surface area contributed by atoms with Gasteiger partial charge in [0.1, 0.15) is 0 Å². The van der Waals surface area contributed by atoms with Gasteiger partial charge in [0.25, 0.3) is 0 Å². The maximum absolute atomic E-state index is 6.31. The van der Waals surface area contributed by atoms with Crippen molar-refractivity contribution in [3.8, 4) is 0 Å². The third-order valence-corrected chi connectivity index (χ3v) is 10.3. The van der Waals surface area contributed by atoms with E-state index in [1.807, 2.05) is 48.8 Å². The van der Waals surface area contributed by atoms with Crippen molar-refractivity contribution in [2.45, 2.75) is 63.5 Å². The fourth-order valence-electron chi connectivity index (χ4n) is 7.75. The fraction of sp³-hybridized carbons (Fsp3) is 0.238. The van der Waals surface area contributed by atoms with Gasteiger partial charge >= 0.3 is 12.0 Å². The third kappa shape index (κ3) is 5.50. The summed E-state index contributed by atoms with van der Waals surface area (Å²) >= 11 is 0. The Morgan fingerprint density at radius 2 is 0.900 bits per heavy atom. The second-order valence-electron chi connectivity index (χ2n) is 13.3. The van der Waals surface area contributed by atoms with Crippen LogP contribution in [0.25, 0.3) is 0 Å². The number of benzene rings is 4. The molecular formula is C42H38N6O2. The normalized spacial score (nSPS) is 16.1. The Hall–Kier alpha value is -5.76. The van der Waals surface area contributed by atoms with E-state index in [0.717, 1.165) is 58.5 Å². The molecule has 3 aliphatic rings. The highest BCUT2D eigenvalue weighted by Crippen LogP contribution is 2.47. The van der Waals surface area contributed by atoms with Gasteiger partial charge in [0.2, 0.25) is 0 Å². The predicted octanol–water partition coefficient (Wildman–Crippen LogP) is 10.1. The molecule has 8 heteroatoms. The van der Waals surface area contributed by atoms with Crippen LogP contribution >= 0.6 is 0 Å². The molecule has 2 aliphatic heterocycles. The topological polar surface area (TPSA) is 83.3 Å². The van der Waals surface area contributed by atoms with Crippen molar-refractivity contribution in [3.63, 3.8) is 0 Å². The van der Waals surface area contributed by atoms with Gasteiger partial charge in [-0.05, 0) is 72.5 Å². The van der Waals surface area contributed by atoms with Crippen LogP contribution in [0.15, 0.2) is 128 Å². The van der Waals surface area contributed by atoms with Gasteiger partial charge in [-0.1, -0.05) is 79.9 Å². The number of hydrogen-bond donors (Lipinski definition) is 0. The maximum atomic E-state index is 6.31. The van der Waals surface area contributed by atoms with Crippen LogP contribution in [-0.4, -0.2) is 22.4 Å². The van der Waals surface area contributed by atoms with Crippen molar-refractivity contribution in [1.29, 1.82) is 0 Å². The standard InChI is InChI=1S/C42H38N6O2/c1-4-10-32(11-5-1)47(40-45-36-22-26-43-28-38(36)49-40)34-18-14-30(15-19-34)42(24-8-3-9-25-42)31-16-20-35(21-17-31)48(33-12-6-2-7-13-33)41-46-37-23-27-44-29-39(37)50-41/h1-2,4-7,10-21,26-27H,3,8-9,22-25,28-29H2. The van der Waals surface area contributed by atoms with Crippen molar-refractivity contribution < 1.29 is 8.83 Å². The van der Waals surface area contributed by atoms with Gasteiger partial charge in [-0.25, -0.2) is 0 Å². The van der Waals surface area contributed by atoms with E-state index in [1.165, 1.54) is 30.4 Å². The predicted molar refractivity (Wildman–Crippen MR) is 198 cm³/mol. The first kappa shape index (κ1) is 30.3. The minimum Gasteiger partial charge on any atom is -0.426 e. The highest BCUT2D eigenvalue weighted by molar-refractivity contribution is 5.75. The Morgan fingerprint density at radius 3 is 1.32 bits per heavy atom. The zero-order chi connectivity index (χ0) is 33.3. The van der Waals surface area contributed by atoms with Crippen LogP contribution in [0.3, 0.4) is 0 Å². The molecule has 0 atom stereocenters. The Kier molecular flexibility index (Phi) is 7.84. The summed E-state index contributed by atoms with van der Waals surface area (Å²) in [5.41, 5.74) is 8.54. The molecule has 1 aliphatic carbocycles. The molecule has 1 fully saturated rings. The monoisotopic (exact) mass is 658 g/mol. The smallest absolute Gasteiger partial charge is 0.307 e. The first-order valence-corrected chi connectivity index (χ1v) is 17.6. The van der Waals surface area contributed by atoms with E-state index in [0.29, 0.717) is 38.0 Å². The largest absolute Gasteiger partial charge is 0.426 e. The molecule has 1 saturated carbocycles. The lowest BCUT2D eigenvalue weighted by Crippen LogP contribution is -2.30. The molecule has 0 saturated heterocycles. The second kappa shape index (κ2) is 12.9. The molecule has 9 rings (SSSR count). The summed E-state index contributed by atoms with van der Waals surface area (Å²) in [5.74, 6) is 1.68. The summed E-state index contributed by atoms with van der Waals surface area (Å²) in [7, 11) is 0. The number of nitrogens with zero attached hydrogens (tertiary/aromatic N) is 6. The van der Waals surface area contributed by atoms with Crippen LogP contribution < -0.4 is 9.80 Å². The number of anilines is 6. The Bertz CT molecular complexity index is 1940. The molecule has 2 aromatic heterocycles. The molecule has 4 aromatic carbocycles. The van der Waals surface area contributed by atoms with Crippen LogP contribution in [0.5, 0.6) is 0 Å². The average molecular weight is 659 g/mol. The van der Waals surface area contributed by atoms with Crippen LogP contribution in [0, 0.1) is 0 Å². The first-order valence-electron chi connectivity index (χ1n) is 17.6. The number of fused-ring (bicyclic) bond motifs is 2. The third-order valence-electron chi connectivity index (χ3n) is 10.3. The molecule has 6 aromatic rings. The minimum absolute atomic E-state index is 0.0802. The number of oxazole rings is 2. The van der Waals surface area contributed by atoms with E-state index in [9.17, 15) is 0 Å². The second-order valence-corrected chi connectivity index (χ2v) is 13.3. The lowest BCUT2D eigenvalue weighted by molar-refractivity contribution is 0.346. The number of rotatable bonds is 8. The molecule has 0 bridgehead atoms. The summed E-state index contributed by atoms with van der Waals surface area (Å²) in [4.78, 5) is 22.8. The quantitative estimate of drug-likeness (QED) is 0.162. The maximum Gasteiger partial charge on any atom is 0.307 e. The van der Waals surface area contributed by atoms with Gasteiger partial charge in [-0.3, -0.25) is 19.8 Å². The van der Waals surface area contributed by atoms with E-state index in [2.05, 4.69) is 92.6 Å². The van der Waals surface area contributed by atoms with Crippen molar-refractivity contribution >= 4 is 47.2 Å². The van der Waals surface area contributed by atoms with Crippen molar-refractivity contribution in [2.75, 3.05) is 9.80 Å². The van der Waals surface area contributed by atoms with Crippen LogP contribution in [0.1, 0.15) is 66.1 Å². The Balaban J connectivity index is 1.07. The zero-order valence-electron chi connectivity index (χ0n) is 27.9. The molecule has 0 unspecified atom stereocenters. The Labute approximate surface area is 291 Å². The Morgan fingerprint density at radius 1 is 0.480 bits per heavy atom. The lowest BCUT2D eigenvalue weighted by atomic mass is 9.65. The number of aliphatic imine (C=N–C) groups is 2. The van der Waals surface area contributed by atoms with Crippen molar-refractivity contribution in [1.82, 2.24) is 9.97 Å². The molecule has 0 spiro atoms. The average Bonchev–Trinajstić information content (AvgIpc) is 3.81. The van der Waals surface area contributed by atoms with Gasteiger partial charge in [-0.2, -0.15) is 9.97 Å². The zero-order valence-corrected chi connectivity index (χ0v) is 27.9. The van der Waals surface area contributed by atoms with E-state index >= 15 is 0 Å². The van der Waals surface area contributed by atoms with Gasteiger partial charge < -0.3 is 8.83 Å². The molecule has 0 N–H and O–H groups in total. The molecule has 0 amide bonds. The number of para-hydroxylation sites is 2. The summed E-state index contributed by atoms with van der Waals surface area (Å²) in [6.45, 7) is 1.06. The molecule has 4 heterocycles.